The predicted octanol–water partition coefficient (Wildman–Crippen LogP) is 2.99. The Morgan fingerprint density at radius 3 is 2.61 bits per heavy atom. The summed E-state index contributed by atoms with van der Waals surface area (Å²) >= 11 is 3.43. The van der Waals surface area contributed by atoms with Gasteiger partial charge in [-0.3, -0.25) is 4.79 Å². The first-order chi connectivity index (χ1) is 8.53. The van der Waals surface area contributed by atoms with E-state index < -0.39 is 0 Å². The first-order valence-corrected chi connectivity index (χ1v) is 7.16. The number of rotatable bonds is 7. The fourth-order valence-corrected chi connectivity index (χ4v) is 1.45. The summed E-state index contributed by atoms with van der Waals surface area (Å²) in [5, 5.41) is 3.77. The Kier molecular flexibility index (Phi) is 6.19. The molecule has 18 heavy (non-hydrogen) atoms. The van der Waals surface area contributed by atoms with Crippen molar-refractivity contribution in [2.75, 3.05) is 18.5 Å². The van der Waals surface area contributed by atoms with Gasteiger partial charge in [-0.2, -0.15) is 0 Å². The number of nitrogens with one attached hydrogen (secondary N) is 1. The number of halogens is 1. The van der Waals surface area contributed by atoms with Gasteiger partial charge < -0.3 is 10.1 Å². The lowest BCUT2D eigenvalue weighted by molar-refractivity contribution is -0.121. The van der Waals surface area contributed by atoms with Crippen LogP contribution in [0.2, 0.25) is 0 Å². The topological polar surface area (TPSA) is 38.3 Å². The molecule has 0 atom stereocenters. The van der Waals surface area contributed by atoms with Gasteiger partial charge in [0.15, 0.2) is 0 Å². The SMILES string of the molecule is CC(C)(CBr)CNC(=O)CCOc1ccccc1. The largest absolute Gasteiger partial charge is 0.493 e. The molecule has 0 aromatic heterocycles. The first-order valence-electron chi connectivity index (χ1n) is 6.04. The minimum atomic E-state index is 0.0277. The minimum absolute atomic E-state index is 0.0277. The highest BCUT2D eigenvalue weighted by molar-refractivity contribution is 9.09. The van der Waals surface area contributed by atoms with Crippen LogP contribution in [0.25, 0.3) is 0 Å². The molecule has 0 saturated carbocycles. The van der Waals surface area contributed by atoms with Crippen LogP contribution in [0, 0.1) is 5.41 Å². The van der Waals surface area contributed by atoms with Crippen molar-refractivity contribution in [1.82, 2.24) is 5.32 Å². The van der Waals surface area contributed by atoms with Crippen molar-refractivity contribution >= 4 is 21.8 Å². The molecule has 0 aliphatic rings. The van der Waals surface area contributed by atoms with E-state index in [0.29, 0.717) is 19.6 Å². The van der Waals surface area contributed by atoms with Crippen molar-refractivity contribution in [3.63, 3.8) is 0 Å². The molecule has 4 heteroatoms. The number of para-hydroxylation sites is 1. The first kappa shape index (κ1) is 15.0. The van der Waals surface area contributed by atoms with E-state index in [1.165, 1.54) is 0 Å². The summed E-state index contributed by atoms with van der Waals surface area (Å²) in [5.41, 5.74) is 0.0793. The second kappa shape index (κ2) is 7.41. The zero-order valence-corrected chi connectivity index (χ0v) is 12.5. The molecular formula is C14H20BrNO2. The van der Waals surface area contributed by atoms with Crippen molar-refractivity contribution in [3.05, 3.63) is 30.3 Å². The van der Waals surface area contributed by atoms with Gasteiger partial charge >= 0.3 is 0 Å². The second-order valence-electron chi connectivity index (χ2n) is 4.99. The lowest BCUT2D eigenvalue weighted by atomic mass is 9.97. The average molecular weight is 314 g/mol. The fourth-order valence-electron chi connectivity index (χ4n) is 1.25. The van der Waals surface area contributed by atoms with Crippen molar-refractivity contribution in [2.24, 2.45) is 5.41 Å². The lowest BCUT2D eigenvalue weighted by Crippen LogP contribution is -2.35. The number of hydrogen-bond donors (Lipinski definition) is 1. The van der Waals surface area contributed by atoms with Crippen LogP contribution in [0.5, 0.6) is 5.75 Å². The molecule has 0 bridgehead atoms. The van der Waals surface area contributed by atoms with Crippen LogP contribution in [0.4, 0.5) is 0 Å². The van der Waals surface area contributed by atoms with Crippen LogP contribution in [0.1, 0.15) is 20.3 Å². The molecule has 0 heterocycles. The normalized spacial score (nSPS) is 11.1. The zero-order valence-electron chi connectivity index (χ0n) is 10.9. The van der Waals surface area contributed by atoms with Gasteiger partial charge in [0, 0.05) is 11.9 Å². The van der Waals surface area contributed by atoms with Gasteiger partial charge in [-0.25, -0.2) is 0 Å². The van der Waals surface area contributed by atoms with E-state index in [1.54, 1.807) is 0 Å². The molecule has 1 amide bonds. The predicted molar refractivity (Wildman–Crippen MR) is 77.1 cm³/mol. The molecule has 1 aromatic carbocycles. The van der Waals surface area contributed by atoms with Crippen molar-refractivity contribution in [1.29, 1.82) is 0 Å². The van der Waals surface area contributed by atoms with Gasteiger partial charge in [0.05, 0.1) is 13.0 Å². The van der Waals surface area contributed by atoms with Crippen molar-refractivity contribution in [2.45, 2.75) is 20.3 Å². The summed E-state index contributed by atoms with van der Waals surface area (Å²) in [4.78, 5) is 11.6. The molecule has 3 nitrogen and oxygen atoms in total. The standard InChI is InChI=1S/C14H20BrNO2/c1-14(2,10-15)11-16-13(17)8-9-18-12-6-4-3-5-7-12/h3-7H,8-11H2,1-2H3,(H,16,17). The number of ether oxygens (including phenoxy) is 1. The van der Waals surface area contributed by atoms with Crippen LogP contribution in [-0.4, -0.2) is 24.4 Å². The maximum atomic E-state index is 11.6. The maximum absolute atomic E-state index is 11.6. The highest BCUT2D eigenvalue weighted by Gasteiger charge is 2.16. The Bertz CT molecular complexity index is 365. The third-order valence-electron chi connectivity index (χ3n) is 2.47. The Morgan fingerprint density at radius 2 is 2.00 bits per heavy atom. The molecule has 1 aromatic rings. The van der Waals surface area contributed by atoms with E-state index >= 15 is 0 Å². The molecule has 0 unspecified atom stereocenters. The molecular weight excluding hydrogens is 294 g/mol. The third kappa shape index (κ3) is 6.05. The van der Waals surface area contributed by atoms with E-state index in [9.17, 15) is 4.79 Å². The van der Waals surface area contributed by atoms with E-state index in [0.717, 1.165) is 11.1 Å². The molecule has 100 valence electrons. The van der Waals surface area contributed by atoms with Crippen LogP contribution < -0.4 is 10.1 Å². The van der Waals surface area contributed by atoms with Crippen molar-refractivity contribution < 1.29 is 9.53 Å². The number of carbonyl (C=O) groups is 1. The summed E-state index contributed by atoms with van der Waals surface area (Å²) in [6, 6.07) is 9.52. The Hall–Kier alpha value is -1.03. The van der Waals surface area contributed by atoms with Crippen LogP contribution in [-0.2, 0) is 4.79 Å². The summed E-state index contributed by atoms with van der Waals surface area (Å²) in [7, 11) is 0. The van der Waals surface area contributed by atoms with E-state index in [-0.39, 0.29) is 11.3 Å². The number of benzene rings is 1. The Balaban J connectivity index is 2.18. The van der Waals surface area contributed by atoms with E-state index in [4.69, 9.17) is 4.74 Å². The number of carbonyl (C=O) groups excluding carboxylic acids is 1. The van der Waals surface area contributed by atoms with Gasteiger partial charge in [0.25, 0.3) is 0 Å². The van der Waals surface area contributed by atoms with E-state index in [2.05, 4.69) is 35.1 Å². The second-order valence-corrected chi connectivity index (χ2v) is 5.55. The molecule has 0 spiro atoms. The quantitative estimate of drug-likeness (QED) is 0.786. The van der Waals surface area contributed by atoms with Gasteiger partial charge in [0.1, 0.15) is 5.75 Å². The molecule has 1 rings (SSSR count). The van der Waals surface area contributed by atoms with Crippen molar-refractivity contribution in [3.8, 4) is 5.75 Å². The zero-order chi connectivity index (χ0) is 13.4. The van der Waals surface area contributed by atoms with Crippen LogP contribution in [0.3, 0.4) is 0 Å². The summed E-state index contributed by atoms with van der Waals surface area (Å²) in [6.07, 6.45) is 0.382. The van der Waals surface area contributed by atoms with E-state index in [1.807, 2.05) is 30.3 Å². The Morgan fingerprint density at radius 1 is 1.33 bits per heavy atom. The maximum Gasteiger partial charge on any atom is 0.223 e. The monoisotopic (exact) mass is 313 g/mol. The summed E-state index contributed by atoms with van der Waals surface area (Å²) in [5.74, 6) is 0.825. The smallest absolute Gasteiger partial charge is 0.223 e. The van der Waals surface area contributed by atoms with Gasteiger partial charge in [0.2, 0.25) is 5.91 Å². The third-order valence-corrected chi connectivity index (χ3v) is 3.98. The number of amides is 1. The molecule has 1 N–H and O–H groups in total. The fraction of sp³-hybridized carbons (Fsp3) is 0.500. The highest BCUT2D eigenvalue weighted by Crippen LogP contribution is 2.16. The molecule has 0 aliphatic heterocycles. The Labute approximate surface area is 117 Å². The summed E-state index contributed by atoms with van der Waals surface area (Å²) < 4.78 is 5.46. The van der Waals surface area contributed by atoms with Crippen LogP contribution in [0.15, 0.2) is 30.3 Å². The molecule has 0 radical (unpaired) electrons. The highest BCUT2D eigenvalue weighted by atomic mass is 79.9. The molecule has 0 aliphatic carbocycles. The molecule has 0 saturated heterocycles. The lowest BCUT2D eigenvalue weighted by Gasteiger charge is -2.21. The summed E-state index contributed by atoms with van der Waals surface area (Å²) in [6.45, 7) is 5.28. The molecule has 0 fully saturated rings. The minimum Gasteiger partial charge on any atom is -0.493 e. The van der Waals surface area contributed by atoms with Crippen LogP contribution >= 0.6 is 15.9 Å². The van der Waals surface area contributed by atoms with Gasteiger partial charge in [-0.1, -0.05) is 48.0 Å². The van der Waals surface area contributed by atoms with Gasteiger partial charge in [-0.15, -0.1) is 0 Å². The van der Waals surface area contributed by atoms with Gasteiger partial charge in [-0.05, 0) is 17.5 Å². The number of alkyl halides is 1. The number of hydrogen-bond acceptors (Lipinski definition) is 2. The average Bonchev–Trinajstić information content (AvgIpc) is 2.38.